The fourth-order valence-corrected chi connectivity index (χ4v) is 2.99. The number of carbonyl (C=O) groups excluding carboxylic acids is 1. The largest absolute Gasteiger partial charge is 0.345 e. The fraction of sp³-hybridized carbons (Fsp3) is 0.941. The third kappa shape index (κ3) is 8.47. The van der Waals surface area contributed by atoms with Crippen molar-refractivity contribution in [1.82, 2.24) is 5.32 Å². The summed E-state index contributed by atoms with van der Waals surface area (Å²) in [6.45, 7) is 17.0. The van der Waals surface area contributed by atoms with Crippen LogP contribution in [0.4, 0.5) is 0 Å². The second kappa shape index (κ2) is 9.22. The van der Waals surface area contributed by atoms with Gasteiger partial charge in [-0.05, 0) is 24.1 Å². The van der Waals surface area contributed by atoms with Crippen molar-refractivity contribution < 1.29 is 4.79 Å². The molecule has 129 valence electrons. The topological polar surface area (TPSA) is 55.1 Å². The van der Waals surface area contributed by atoms with Gasteiger partial charge in [-0.1, -0.05) is 60.7 Å². The highest BCUT2D eigenvalue weighted by molar-refractivity contribution is 7.81. The van der Waals surface area contributed by atoms with Crippen molar-refractivity contribution in [2.45, 2.75) is 84.9 Å². The summed E-state index contributed by atoms with van der Waals surface area (Å²) in [5.41, 5.74) is 6.20. The normalized spacial score (nSPS) is 20.5. The molecule has 0 bridgehead atoms. The molecule has 22 heavy (non-hydrogen) atoms. The van der Waals surface area contributed by atoms with Gasteiger partial charge in [-0.3, -0.25) is 4.79 Å². The predicted octanol–water partition coefficient (Wildman–Crippen LogP) is 3.74. The van der Waals surface area contributed by atoms with Crippen LogP contribution >= 0.6 is 12.6 Å². The lowest BCUT2D eigenvalue weighted by Crippen LogP contribution is -2.43. The number of hydrogen-bond donors (Lipinski definition) is 3. The summed E-state index contributed by atoms with van der Waals surface area (Å²) in [6.07, 6.45) is 1.13. The van der Waals surface area contributed by atoms with Crippen LogP contribution in [-0.2, 0) is 4.79 Å². The molecule has 0 aromatic heterocycles. The Kier molecular flexibility index (Phi) is 9.15. The summed E-state index contributed by atoms with van der Waals surface area (Å²) in [5, 5.41) is 2.87. The van der Waals surface area contributed by atoms with Crippen LogP contribution in [0, 0.1) is 17.3 Å². The maximum absolute atomic E-state index is 12.3. The number of hydrogen-bond acceptors (Lipinski definition) is 3. The van der Waals surface area contributed by atoms with E-state index >= 15 is 0 Å². The average molecular weight is 327 g/mol. The first kappa shape index (κ1) is 21.8. The molecule has 0 aromatic rings. The lowest BCUT2D eigenvalue weighted by molar-refractivity contribution is -0.126. The van der Waals surface area contributed by atoms with Gasteiger partial charge in [0, 0.05) is 12.0 Å². The van der Waals surface area contributed by atoms with Crippen LogP contribution in [0.3, 0.4) is 0 Å². The highest BCUT2D eigenvalue weighted by Crippen LogP contribution is 2.30. The first-order chi connectivity index (χ1) is 9.85. The van der Waals surface area contributed by atoms with E-state index in [0.29, 0.717) is 11.2 Å². The van der Waals surface area contributed by atoms with E-state index in [-0.39, 0.29) is 35.0 Å². The third-order valence-electron chi connectivity index (χ3n) is 4.39. The van der Waals surface area contributed by atoms with E-state index < -0.39 is 0 Å². The van der Waals surface area contributed by atoms with Crippen molar-refractivity contribution in [3.63, 3.8) is 0 Å². The monoisotopic (exact) mass is 327 g/mol. The Morgan fingerprint density at radius 1 is 1.18 bits per heavy atom. The van der Waals surface area contributed by atoms with E-state index in [1.165, 1.54) is 0 Å². The molecule has 0 saturated carbocycles. The van der Waals surface area contributed by atoms with Crippen molar-refractivity contribution in [2.75, 3.05) is 0 Å². The van der Waals surface area contributed by atoms with Gasteiger partial charge in [0.15, 0.2) is 0 Å². The van der Waals surface area contributed by atoms with Crippen LogP contribution < -0.4 is 11.1 Å². The summed E-state index contributed by atoms with van der Waals surface area (Å²) < 4.78 is 0. The summed E-state index contributed by atoms with van der Waals surface area (Å²) in [5.74, 6) is 0.811. The van der Waals surface area contributed by atoms with Gasteiger partial charge in [-0.2, -0.15) is 12.6 Å². The lowest BCUT2D eigenvalue weighted by Gasteiger charge is -2.29. The Bertz CT molecular complexity index is 344. The molecule has 0 saturated heterocycles. The van der Waals surface area contributed by atoms with E-state index in [9.17, 15) is 4.79 Å². The molecule has 0 rings (SSSR count). The molecule has 0 heterocycles. The number of rotatable bonds is 8. The highest BCUT2D eigenvalue weighted by Gasteiger charge is 2.27. The van der Waals surface area contributed by atoms with E-state index in [1.807, 2.05) is 20.8 Å². The summed E-state index contributed by atoms with van der Waals surface area (Å²) in [4.78, 5) is 12.3. The van der Waals surface area contributed by atoms with E-state index in [4.69, 9.17) is 5.73 Å². The predicted molar refractivity (Wildman–Crippen MR) is 102 cm³/mol. The van der Waals surface area contributed by atoms with Crippen molar-refractivity contribution in [1.29, 1.82) is 0 Å². The summed E-state index contributed by atoms with van der Waals surface area (Å²) in [6, 6.07) is 0.00918. The molecule has 6 atom stereocenters. The zero-order valence-corrected chi connectivity index (χ0v) is 16.6. The zero-order valence-electron chi connectivity index (χ0n) is 15.7. The van der Waals surface area contributed by atoms with Gasteiger partial charge in [-0.15, -0.1) is 0 Å². The van der Waals surface area contributed by atoms with Crippen molar-refractivity contribution in [3.8, 4) is 0 Å². The van der Waals surface area contributed by atoms with Crippen LogP contribution in [0.15, 0.2) is 0 Å². The van der Waals surface area contributed by atoms with Gasteiger partial charge in [0.1, 0.15) is 7.28 Å². The Balaban J connectivity index is 4.41. The summed E-state index contributed by atoms with van der Waals surface area (Å²) >= 11 is 4.57. The van der Waals surface area contributed by atoms with Crippen LogP contribution in [0.2, 0.25) is 11.6 Å². The maximum atomic E-state index is 12.3. The molecule has 1 radical (unpaired) electrons. The van der Waals surface area contributed by atoms with Crippen LogP contribution in [-0.4, -0.2) is 24.6 Å². The molecule has 5 heteroatoms. The van der Waals surface area contributed by atoms with Crippen LogP contribution in [0.5, 0.6) is 0 Å². The van der Waals surface area contributed by atoms with E-state index in [0.717, 1.165) is 6.42 Å². The van der Waals surface area contributed by atoms with Crippen molar-refractivity contribution in [2.24, 2.45) is 23.0 Å². The molecule has 3 nitrogen and oxygen atoms in total. The molecule has 0 fully saturated rings. The molecular formula is C17H36BN2OS. The first-order valence-electron chi connectivity index (χ1n) is 8.44. The molecule has 0 aliphatic carbocycles. The standard InChI is InChI=1S/C17H36BN2OS/c1-10(9-17(6,7)8)18-13(4)16(22)20-15(21)12(3)11(2)14(5)19/h10-14,16,22H,9,19H2,1-8H3,(H,20,21). The smallest absolute Gasteiger partial charge is 0.223 e. The minimum absolute atomic E-state index is 0.00918. The van der Waals surface area contributed by atoms with Gasteiger partial charge >= 0.3 is 0 Å². The molecule has 1 amide bonds. The molecule has 3 N–H and O–H groups in total. The van der Waals surface area contributed by atoms with Gasteiger partial charge in [-0.25, -0.2) is 0 Å². The minimum Gasteiger partial charge on any atom is -0.345 e. The Morgan fingerprint density at radius 3 is 2.09 bits per heavy atom. The van der Waals surface area contributed by atoms with Crippen molar-refractivity contribution in [3.05, 3.63) is 0 Å². The molecule has 0 spiro atoms. The Hall–Kier alpha value is -0.155. The third-order valence-corrected chi connectivity index (χ3v) is 4.99. The van der Waals surface area contributed by atoms with Crippen LogP contribution in [0.25, 0.3) is 0 Å². The number of nitrogens with two attached hydrogens (primary N) is 1. The van der Waals surface area contributed by atoms with Crippen LogP contribution in [0.1, 0.15) is 61.8 Å². The Morgan fingerprint density at radius 2 is 1.68 bits per heavy atom. The second-order valence-electron chi connectivity index (χ2n) is 8.25. The zero-order chi connectivity index (χ0) is 17.7. The fourth-order valence-electron chi connectivity index (χ4n) is 2.76. The number of thiol groups is 1. The minimum atomic E-state index is -0.155. The molecule has 0 aliphatic rings. The molecular weight excluding hydrogens is 291 g/mol. The lowest BCUT2D eigenvalue weighted by atomic mass is 9.53. The van der Waals surface area contributed by atoms with E-state index in [2.05, 4.69) is 59.8 Å². The van der Waals surface area contributed by atoms with Gasteiger partial charge in [0.25, 0.3) is 0 Å². The number of nitrogens with one attached hydrogen (secondary N) is 1. The van der Waals surface area contributed by atoms with Gasteiger partial charge in [0.2, 0.25) is 5.91 Å². The highest BCUT2D eigenvalue weighted by atomic mass is 32.1. The quantitative estimate of drug-likeness (QED) is 0.361. The second-order valence-corrected chi connectivity index (χ2v) is 8.81. The van der Waals surface area contributed by atoms with E-state index in [1.54, 1.807) is 0 Å². The molecule has 6 unspecified atom stereocenters. The molecule has 0 aliphatic heterocycles. The first-order valence-corrected chi connectivity index (χ1v) is 8.95. The summed E-state index contributed by atoms with van der Waals surface area (Å²) in [7, 11) is 2.29. The van der Waals surface area contributed by atoms with Crippen molar-refractivity contribution >= 4 is 25.8 Å². The maximum Gasteiger partial charge on any atom is 0.223 e. The van der Waals surface area contributed by atoms with Gasteiger partial charge in [0.05, 0.1) is 5.37 Å². The SMILES string of the molecule is CC([B]C(C)C(S)NC(=O)C(C)C(C)C(C)N)CC(C)(C)C. The number of carbonyl (C=O) groups is 1. The average Bonchev–Trinajstić information content (AvgIpc) is 2.33. The van der Waals surface area contributed by atoms with Gasteiger partial charge < -0.3 is 11.1 Å². The Labute approximate surface area is 144 Å². The number of amides is 1. The molecule has 0 aromatic carbocycles.